The molecule has 0 unspecified atom stereocenters. The van der Waals surface area contributed by atoms with E-state index in [1.54, 1.807) is 23.6 Å². The van der Waals surface area contributed by atoms with Crippen LogP contribution in [0.3, 0.4) is 0 Å². The number of amides is 1. The third-order valence-corrected chi connectivity index (χ3v) is 5.97. The maximum Gasteiger partial charge on any atom is 0.253 e. The van der Waals surface area contributed by atoms with Gasteiger partial charge in [0.15, 0.2) is 0 Å². The minimum Gasteiger partial charge on any atom is -0.348 e. The van der Waals surface area contributed by atoms with Crippen LogP contribution < -0.4 is 5.32 Å². The van der Waals surface area contributed by atoms with Crippen LogP contribution in [0.4, 0.5) is 8.78 Å². The van der Waals surface area contributed by atoms with Gasteiger partial charge < -0.3 is 10.2 Å². The summed E-state index contributed by atoms with van der Waals surface area (Å²) in [5.74, 6) is -1.42. The van der Waals surface area contributed by atoms with Crippen molar-refractivity contribution < 1.29 is 13.6 Å². The Hall–Kier alpha value is -2.80. The average Bonchev–Trinajstić information content (AvgIpc) is 3.02. The molecule has 2 aromatic heterocycles. The Morgan fingerprint density at radius 3 is 2.52 bits per heavy atom. The lowest BCUT2D eigenvalue weighted by molar-refractivity contribution is 0.0910. The third-order valence-electron chi connectivity index (χ3n) is 5.97. The highest BCUT2D eigenvalue weighted by Crippen LogP contribution is 2.34. The van der Waals surface area contributed by atoms with E-state index in [0.717, 1.165) is 31.6 Å². The minimum atomic E-state index is -0.632. The molecule has 0 spiro atoms. The van der Waals surface area contributed by atoms with Crippen LogP contribution in [0.1, 0.15) is 54.4 Å². The van der Waals surface area contributed by atoms with Gasteiger partial charge in [0.2, 0.25) is 0 Å². The molecule has 1 N–H and O–H groups in total. The number of rotatable bonds is 4. The van der Waals surface area contributed by atoms with E-state index >= 15 is 0 Å². The van der Waals surface area contributed by atoms with Gasteiger partial charge in [0.1, 0.15) is 11.6 Å². The number of nitrogens with zero attached hydrogens (tertiary/aromatic N) is 3. The Morgan fingerprint density at radius 2 is 1.87 bits per heavy atom. The van der Waals surface area contributed by atoms with E-state index in [1.165, 1.54) is 18.2 Å². The van der Waals surface area contributed by atoms with E-state index in [4.69, 9.17) is 0 Å². The lowest BCUT2D eigenvalue weighted by Crippen LogP contribution is -2.46. The number of piperidine rings is 1. The molecule has 31 heavy (non-hydrogen) atoms. The fourth-order valence-electron chi connectivity index (χ4n) is 4.58. The van der Waals surface area contributed by atoms with E-state index in [9.17, 15) is 13.6 Å². The predicted octanol–water partition coefficient (Wildman–Crippen LogP) is 4.54. The molecule has 1 saturated heterocycles. The summed E-state index contributed by atoms with van der Waals surface area (Å²) in [5.41, 5.74) is 2.69. The van der Waals surface area contributed by atoms with Crippen molar-refractivity contribution >= 4 is 11.4 Å². The van der Waals surface area contributed by atoms with Crippen molar-refractivity contribution in [2.75, 3.05) is 20.1 Å². The summed E-state index contributed by atoms with van der Waals surface area (Å²) in [6.07, 6.45) is 2.00. The second-order valence-electron chi connectivity index (χ2n) is 8.72. The SMILES string of the molecule is Cc1nn2c(C(C)C)c(C(=O)N[C@H]3CCCN(C)C3)ccc2c1-c1c(F)cccc1F. The number of hydrogen-bond donors (Lipinski definition) is 1. The lowest BCUT2D eigenvalue weighted by atomic mass is 9.99. The van der Waals surface area contributed by atoms with E-state index in [1.807, 2.05) is 13.8 Å². The highest BCUT2D eigenvalue weighted by atomic mass is 19.1. The van der Waals surface area contributed by atoms with Crippen LogP contribution in [0.2, 0.25) is 0 Å². The van der Waals surface area contributed by atoms with Crippen LogP contribution in [0, 0.1) is 18.6 Å². The van der Waals surface area contributed by atoms with Crippen molar-refractivity contribution in [3.05, 3.63) is 58.9 Å². The van der Waals surface area contributed by atoms with Crippen molar-refractivity contribution in [2.24, 2.45) is 0 Å². The van der Waals surface area contributed by atoms with Gasteiger partial charge in [0.25, 0.3) is 5.91 Å². The molecule has 1 atom stereocenters. The first-order valence-corrected chi connectivity index (χ1v) is 10.7. The molecule has 1 aromatic carbocycles. The van der Waals surface area contributed by atoms with Gasteiger partial charge in [-0.2, -0.15) is 5.10 Å². The number of pyridine rings is 1. The van der Waals surface area contributed by atoms with Crippen molar-refractivity contribution in [3.8, 4) is 11.1 Å². The summed E-state index contributed by atoms with van der Waals surface area (Å²) in [4.78, 5) is 15.4. The molecule has 7 heteroatoms. The number of hydrogen-bond acceptors (Lipinski definition) is 3. The Morgan fingerprint density at radius 1 is 1.16 bits per heavy atom. The molecular formula is C24H28F2N4O. The predicted molar refractivity (Wildman–Crippen MR) is 117 cm³/mol. The molecule has 0 aliphatic carbocycles. The smallest absolute Gasteiger partial charge is 0.253 e. The fourth-order valence-corrected chi connectivity index (χ4v) is 4.58. The molecule has 1 amide bonds. The number of carbonyl (C=O) groups excluding carboxylic acids is 1. The fraction of sp³-hybridized carbons (Fsp3) is 0.417. The Labute approximate surface area is 181 Å². The highest BCUT2D eigenvalue weighted by Gasteiger charge is 2.26. The number of fused-ring (bicyclic) bond motifs is 1. The van der Waals surface area contributed by atoms with E-state index in [2.05, 4.69) is 22.4 Å². The molecular weight excluding hydrogens is 398 g/mol. The van der Waals surface area contributed by atoms with Crippen molar-refractivity contribution in [1.29, 1.82) is 0 Å². The third kappa shape index (κ3) is 3.94. The zero-order chi connectivity index (χ0) is 22.3. The second-order valence-corrected chi connectivity index (χ2v) is 8.72. The number of aryl methyl sites for hydroxylation is 1. The quantitative estimate of drug-likeness (QED) is 0.667. The zero-order valence-corrected chi connectivity index (χ0v) is 18.4. The van der Waals surface area contributed by atoms with Gasteiger partial charge in [0, 0.05) is 18.2 Å². The average molecular weight is 427 g/mol. The van der Waals surface area contributed by atoms with Crippen LogP contribution in [-0.4, -0.2) is 46.6 Å². The zero-order valence-electron chi connectivity index (χ0n) is 18.4. The first kappa shape index (κ1) is 21.4. The number of likely N-dealkylation sites (N-methyl/N-ethyl adjacent to an activating group) is 1. The number of aromatic nitrogens is 2. The number of likely N-dealkylation sites (tertiary alicyclic amines) is 1. The van der Waals surface area contributed by atoms with E-state index in [-0.39, 0.29) is 23.4 Å². The first-order valence-electron chi connectivity index (χ1n) is 10.7. The Kier molecular flexibility index (Phi) is 5.79. The standard InChI is InChI=1S/C24H28F2N4O/c1-14(2)23-17(24(31)27-16-7-6-12-29(4)13-16)10-11-20-21(15(3)28-30(20)23)22-18(25)8-5-9-19(22)26/h5,8-11,14,16H,6-7,12-13H2,1-4H3,(H,27,31)/t16-/m0/s1. The molecule has 0 saturated carbocycles. The number of halogens is 2. The summed E-state index contributed by atoms with van der Waals surface area (Å²) < 4.78 is 30.7. The van der Waals surface area contributed by atoms with Gasteiger partial charge in [-0.25, -0.2) is 13.3 Å². The molecule has 0 radical (unpaired) electrons. The summed E-state index contributed by atoms with van der Waals surface area (Å²) in [6.45, 7) is 7.57. The summed E-state index contributed by atoms with van der Waals surface area (Å²) >= 11 is 0. The Bertz CT molecular complexity index is 1120. The van der Waals surface area contributed by atoms with Crippen LogP contribution in [-0.2, 0) is 0 Å². The maximum atomic E-state index is 14.5. The number of nitrogens with one attached hydrogen (secondary N) is 1. The van der Waals surface area contributed by atoms with Crippen LogP contribution >= 0.6 is 0 Å². The van der Waals surface area contributed by atoms with Gasteiger partial charge in [-0.15, -0.1) is 0 Å². The summed E-state index contributed by atoms with van der Waals surface area (Å²) in [7, 11) is 2.06. The molecule has 4 rings (SSSR count). The molecule has 164 valence electrons. The van der Waals surface area contributed by atoms with Gasteiger partial charge in [-0.1, -0.05) is 19.9 Å². The van der Waals surface area contributed by atoms with Crippen LogP contribution in [0.15, 0.2) is 30.3 Å². The van der Waals surface area contributed by atoms with E-state index < -0.39 is 11.6 Å². The summed E-state index contributed by atoms with van der Waals surface area (Å²) in [5, 5.41) is 7.75. The number of benzene rings is 1. The summed E-state index contributed by atoms with van der Waals surface area (Å²) in [6, 6.07) is 7.41. The molecule has 1 aliphatic heterocycles. The van der Waals surface area contributed by atoms with Crippen molar-refractivity contribution in [2.45, 2.75) is 45.6 Å². The molecule has 5 nitrogen and oxygen atoms in total. The number of carbonyl (C=O) groups is 1. The lowest BCUT2D eigenvalue weighted by Gasteiger charge is -2.30. The largest absolute Gasteiger partial charge is 0.348 e. The molecule has 1 fully saturated rings. The van der Waals surface area contributed by atoms with Gasteiger partial charge >= 0.3 is 0 Å². The van der Waals surface area contributed by atoms with Gasteiger partial charge in [-0.3, -0.25) is 4.79 Å². The monoisotopic (exact) mass is 426 g/mol. The Balaban J connectivity index is 1.81. The van der Waals surface area contributed by atoms with Crippen LogP contribution in [0.5, 0.6) is 0 Å². The maximum absolute atomic E-state index is 14.5. The molecule has 3 aromatic rings. The first-order chi connectivity index (χ1) is 14.8. The van der Waals surface area contributed by atoms with Gasteiger partial charge in [0.05, 0.1) is 28.0 Å². The normalized spacial score (nSPS) is 17.5. The van der Waals surface area contributed by atoms with Crippen molar-refractivity contribution in [3.63, 3.8) is 0 Å². The van der Waals surface area contributed by atoms with Gasteiger partial charge in [-0.05, 0) is 63.5 Å². The molecule has 3 heterocycles. The second kappa shape index (κ2) is 8.38. The van der Waals surface area contributed by atoms with E-state index in [0.29, 0.717) is 22.3 Å². The van der Waals surface area contributed by atoms with Crippen molar-refractivity contribution in [1.82, 2.24) is 19.8 Å². The molecule has 1 aliphatic rings. The highest BCUT2D eigenvalue weighted by molar-refractivity contribution is 5.97. The van der Waals surface area contributed by atoms with Crippen LogP contribution in [0.25, 0.3) is 16.6 Å². The minimum absolute atomic E-state index is 0.0175. The topological polar surface area (TPSA) is 49.6 Å². The molecule has 0 bridgehead atoms.